The Morgan fingerprint density at radius 2 is 1.79 bits per heavy atom. The van der Waals surface area contributed by atoms with Crippen molar-refractivity contribution in [1.29, 1.82) is 0 Å². The Morgan fingerprint density at radius 3 is 2.47 bits per heavy atom. The first-order valence-electron chi connectivity index (χ1n) is 11.4. The molecule has 0 saturated carbocycles. The van der Waals surface area contributed by atoms with Crippen LogP contribution in [-0.2, 0) is 23.9 Å². The third-order valence-electron chi connectivity index (χ3n) is 5.58. The van der Waals surface area contributed by atoms with Gasteiger partial charge in [-0.1, -0.05) is 31.0 Å². The van der Waals surface area contributed by atoms with Crippen LogP contribution < -0.4 is 10.2 Å². The summed E-state index contributed by atoms with van der Waals surface area (Å²) in [6.45, 7) is 6.04. The van der Waals surface area contributed by atoms with Crippen molar-refractivity contribution >= 4 is 35.1 Å². The van der Waals surface area contributed by atoms with E-state index in [4.69, 9.17) is 9.47 Å². The van der Waals surface area contributed by atoms with E-state index in [0.29, 0.717) is 17.9 Å². The average Bonchev–Trinajstić information content (AvgIpc) is 3.19. The molecule has 1 saturated heterocycles. The number of rotatable bonds is 9. The molecule has 2 aromatic carbocycles. The van der Waals surface area contributed by atoms with Gasteiger partial charge < -0.3 is 19.7 Å². The van der Waals surface area contributed by atoms with Crippen molar-refractivity contribution in [2.45, 2.75) is 40.0 Å². The van der Waals surface area contributed by atoms with Gasteiger partial charge in [0.2, 0.25) is 5.91 Å². The average molecular weight is 467 g/mol. The number of carbonyl (C=O) groups excluding carboxylic acids is 4. The van der Waals surface area contributed by atoms with Crippen molar-refractivity contribution in [1.82, 2.24) is 0 Å². The smallest absolute Gasteiger partial charge is 0.338 e. The van der Waals surface area contributed by atoms with Crippen molar-refractivity contribution in [3.63, 3.8) is 0 Å². The van der Waals surface area contributed by atoms with E-state index in [1.54, 1.807) is 29.2 Å². The van der Waals surface area contributed by atoms with Gasteiger partial charge in [-0.2, -0.15) is 0 Å². The Balaban J connectivity index is 1.47. The quantitative estimate of drug-likeness (QED) is 0.446. The van der Waals surface area contributed by atoms with E-state index in [0.717, 1.165) is 29.7 Å². The molecule has 1 atom stereocenters. The molecule has 0 bridgehead atoms. The SMILES string of the molecule is CCCCOC(=O)c1ccc(NC(=O)COC(=O)[C@H]2CC(=O)N(c3ccc(C)cc3C)C2)cc1. The number of nitrogens with zero attached hydrogens (tertiary/aromatic N) is 1. The molecule has 3 rings (SSSR count). The number of hydrogen-bond donors (Lipinski definition) is 1. The highest BCUT2D eigenvalue weighted by Gasteiger charge is 2.36. The first kappa shape index (κ1) is 25.0. The van der Waals surface area contributed by atoms with E-state index in [2.05, 4.69) is 5.32 Å². The van der Waals surface area contributed by atoms with Crippen LogP contribution in [0, 0.1) is 19.8 Å². The fraction of sp³-hybridized carbons (Fsp3) is 0.385. The summed E-state index contributed by atoms with van der Waals surface area (Å²) in [5.74, 6) is -2.28. The molecule has 180 valence electrons. The molecule has 0 radical (unpaired) electrons. The number of ether oxygens (including phenoxy) is 2. The van der Waals surface area contributed by atoms with Gasteiger partial charge in [0.15, 0.2) is 6.61 Å². The minimum atomic E-state index is -0.626. The van der Waals surface area contributed by atoms with E-state index >= 15 is 0 Å². The number of anilines is 2. The Kier molecular flexibility index (Phi) is 8.40. The summed E-state index contributed by atoms with van der Waals surface area (Å²) in [4.78, 5) is 50.6. The fourth-order valence-electron chi connectivity index (χ4n) is 3.74. The van der Waals surface area contributed by atoms with Gasteiger partial charge in [0.25, 0.3) is 5.91 Å². The molecule has 1 heterocycles. The molecule has 0 aromatic heterocycles. The lowest BCUT2D eigenvalue weighted by Gasteiger charge is -2.19. The van der Waals surface area contributed by atoms with Gasteiger partial charge in [-0.15, -0.1) is 0 Å². The molecule has 8 nitrogen and oxygen atoms in total. The zero-order valence-electron chi connectivity index (χ0n) is 19.8. The summed E-state index contributed by atoms with van der Waals surface area (Å²) in [7, 11) is 0. The molecule has 2 amide bonds. The fourth-order valence-corrected chi connectivity index (χ4v) is 3.74. The number of amides is 2. The van der Waals surface area contributed by atoms with Gasteiger partial charge in [0, 0.05) is 24.3 Å². The van der Waals surface area contributed by atoms with Gasteiger partial charge in [-0.3, -0.25) is 14.4 Å². The molecular weight excluding hydrogens is 436 g/mol. The standard InChI is InChI=1S/C26H30N2O6/c1-4-5-12-33-25(31)19-7-9-21(10-8-19)27-23(29)16-34-26(32)20-14-24(30)28(15-20)22-11-6-17(2)13-18(22)3/h6-11,13,20H,4-5,12,14-16H2,1-3H3,(H,27,29)/t20-/m0/s1. The molecule has 1 N–H and O–H groups in total. The predicted octanol–water partition coefficient (Wildman–Crippen LogP) is 3.80. The summed E-state index contributed by atoms with van der Waals surface area (Å²) in [5, 5.41) is 2.62. The molecular formula is C26H30N2O6. The summed E-state index contributed by atoms with van der Waals surface area (Å²) < 4.78 is 10.3. The minimum Gasteiger partial charge on any atom is -0.462 e. The third-order valence-corrected chi connectivity index (χ3v) is 5.58. The van der Waals surface area contributed by atoms with Gasteiger partial charge in [0.05, 0.1) is 18.1 Å². The van der Waals surface area contributed by atoms with Gasteiger partial charge in [-0.25, -0.2) is 4.79 Å². The minimum absolute atomic E-state index is 0.0452. The lowest BCUT2D eigenvalue weighted by molar-refractivity contribution is -0.151. The first-order valence-corrected chi connectivity index (χ1v) is 11.4. The molecule has 34 heavy (non-hydrogen) atoms. The van der Waals surface area contributed by atoms with E-state index in [1.807, 2.05) is 39.0 Å². The molecule has 1 aliphatic heterocycles. The summed E-state index contributed by atoms with van der Waals surface area (Å²) >= 11 is 0. The van der Waals surface area contributed by atoms with Crippen LogP contribution in [-0.4, -0.2) is 43.5 Å². The summed E-state index contributed by atoms with van der Waals surface area (Å²) in [5.41, 5.74) is 3.68. The number of nitrogens with one attached hydrogen (secondary N) is 1. The topological polar surface area (TPSA) is 102 Å². The highest BCUT2D eigenvalue weighted by atomic mass is 16.5. The van der Waals surface area contributed by atoms with Crippen molar-refractivity contribution < 1.29 is 28.7 Å². The van der Waals surface area contributed by atoms with Crippen LogP contribution in [0.3, 0.4) is 0 Å². The van der Waals surface area contributed by atoms with Crippen molar-refractivity contribution in [3.05, 3.63) is 59.2 Å². The largest absolute Gasteiger partial charge is 0.462 e. The zero-order chi connectivity index (χ0) is 24.7. The monoisotopic (exact) mass is 466 g/mol. The van der Waals surface area contributed by atoms with E-state index in [9.17, 15) is 19.2 Å². The third kappa shape index (κ3) is 6.43. The Morgan fingerprint density at radius 1 is 1.06 bits per heavy atom. The molecule has 8 heteroatoms. The molecule has 2 aromatic rings. The maximum Gasteiger partial charge on any atom is 0.338 e. The summed E-state index contributed by atoms with van der Waals surface area (Å²) in [6, 6.07) is 12.1. The second-order valence-corrected chi connectivity index (χ2v) is 8.42. The number of esters is 2. The maximum atomic E-state index is 12.5. The normalized spacial score (nSPS) is 15.2. The van der Waals surface area contributed by atoms with Gasteiger partial charge >= 0.3 is 11.9 Å². The van der Waals surface area contributed by atoms with Crippen LogP contribution in [0.15, 0.2) is 42.5 Å². The predicted molar refractivity (Wildman–Crippen MR) is 128 cm³/mol. The van der Waals surface area contributed by atoms with Crippen molar-refractivity contribution in [3.8, 4) is 0 Å². The van der Waals surface area contributed by atoms with E-state index in [-0.39, 0.29) is 18.9 Å². The van der Waals surface area contributed by atoms with Crippen LogP contribution in [0.5, 0.6) is 0 Å². The van der Waals surface area contributed by atoms with Crippen LogP contribution in [0.1, 0.15) is 47.7 Å². The number of unbranched alkanes of at least 4 members (excludes halogenated alkanes) is 1. The van der Waals surface area contributed by atoms with Crippen LogP contribution >= 0.6 is 0 Å². The zero-order valence-corrected chi connectivity index (χ0v) is 19.8. The van der Waals surface area contributed by atoms with E-state index in [1.165, 1.54) is 0 Å². The molecule has 1 aliphatic rings. The molecule has 0 aliphatic carbocycles. The second kappa shape index (κ2) is 11.4. The van der Waals surface area contributed by atoms with E-state index < -0.39 is 30.4 Å². The van der Waals surface area contributed by atoms with Crippen LogP contribution in [0.4, 0.5) is 11.4 Å². The lowest BCUT2D eigenvalue weighted by Crippen LogP contribution is -2.28. The van der Waals surface area contributed by atoms with Gasteiger partial charge in [-0.05, 0) is 56.2 Å². The van der Waals surface area contributed by atoms with Crippen LogP contribution in [0.25, 0.3) is 0 Å². The highest BCUT2D eigenvalue weighted by Crippen LogP contribution is 2.29. The number of aryl methyl sites for hydroxylation is 2. The second-order valence-electron chi connectivity index (χ2n) is 8.42. The molecule has 0 unspecified atom stereocenters. The van der Waals surface area contributed by atoms with Crippen LogP contribution in [0.2, 0.25) is 0 Å². The first-order chi connectivity index (χ1) is 16.3. The molecule has 0 spiro atoms. The maximum absolute atomic E-state index is 12.5. The number of benzene rings is 2. The lowest BCUT2D eigenvalue weighted by atomic mass is 10.1. The Bertz CT molecular complexity index is 1060. The van der Waals surface area contributed by atoms with Crippen molar-refractivity contribution in [2.24, 2.45) is 5.92 Å². The number of hydrogen-bond acceptors (Lipinski definition) is 6. The van der Waals surface area contributed by atoms with Gasteiger partial charge in [0.1, 0.15) is 0 Å². The molecule has 1 fully saturated rings. The Hall–Kier alpha value is -3.68. The Labute approximate surface area is 199 Å². The summed E-state index contributed by atoms with van der Waals surface area (Å²) in [6.07, 6.45) is 1.78. The highest BCUT2D eigenvalue weighted by molar-refractivity contribution is 6.00. The van der Waals surface area contributed by atoms with Crippen molar-refractivity contribution in [2.75, 3.05) is 30.0 Å². The number of carbonyl (C=O) groups is 4.